The fourth-order valence-corrected chi connectivity index (χ4v) is 2.09. The molecule has 0 N–H and O–H groups in total. The molecule has 0 spiro atoms. The molecule has 0 amide bonds. The van der Waals surface area contributed by atoms with Crippen LogP contribution < -0.4 is 4.74 Å². The molecule has 5 heteroatoms. The highest BCUT2D eigenvalue weighted by molar-refractivity contribution is 6.30. The predicted molar refractivity (Wildman–Crippen MR) is 78.3 cm³/mol. The van der Waals surface area contributed by atoms with Gasteiger partial charge in [0.2, 0.25) is 0 Å². The van der Waals surface area contributed by atoms with Crippen LogP contribution in [0.25, 0.3) is 10.9 Å². The van der Waals surface area contributed by atoms with E-state index >= 15 is 0 Å². The van der Waals surface area contributed by atoms with E-state index in [1.165, 1.54) is 0 Å². The van der Waals surface area contributed by atoms with Crippen molar-refractivity contribution in [1.29, 1.82) is 0 Å². The molecule has 0 atom stereocenters. The summed E-state index contributed by atoms with van der Waals surface area (Å²) in [5.41, 5.74) is 2.35. The molecule has 1 aromatic carbocycles. The van der Waals surface area contributed by atoms with Crippen LogP contribution >= 0.6 is 11.6 Å². The van der Waals surface area contributed by atoms with Gasteiger partial charge in [0.25, 0.3) is 5.88 Å². The summed E-state index contributed by atoms with van der Waals surface area (Å²) in [7, 11) is 0. The molecule has 4 nitrogen and oxygen atoms in total. The number of pyridine rings is 1. The Morgan fingerprint density at radius 3 is 2.60 bits per heavy atom. The van der Waals surface area contributed by atoms with Crippen molar-refractivity contribution >= 4 is 22.5 Å². The maximum atomic E-state index is 6.08. The van der Waals surface area contributed by atoms with Gasteiger partial charge in [-0.1, -0.05) is 29.8 Å². The molecule has 0 aliphatic rings. The molecule has 0 saturated carbocycles. The highest BCUT2D eigenvalue weighted by Crippen LogP contribution is 2.30. The van der Waals surface area contributed by atoms with Crippen molar-refractivity contribution in [1.82, 2.24) is 15.0 Å². The Hall–Kier alpha value is -2.20. The van der Waals surface area contributed by atoms with E-state index < -0.39 is 0 Å². The highest BCUT2D eigenvalue weighted by atomic mass is 35.5. The van der Waals surface area contributed by atoms with Gasteiger partial charge in [0.1, 0.15) is 5.52 Å². The van der Waals surface area contributed by atoms with Crippen LogP contribution in [0.1, 0.15) is 11.4 Å². The largest absolute Gasteiger partial charge is 0.434 e. The number of halogens is 1. The zero-order valence-corrected chi connectivity index (χ0v) is 11.8. The minimum absolute atomic E-state index is 0.251. The van der Waals surface area contributed by atoms with Gasteiger partial charge in [-0.05, 0) is 26.0 Å². The van der Waals surface area contributed by atoms with Gasteiger partial charge in [0, 0.05) is 11.6 Å². The molecule has 0 unspecified atom stereocenters. The first-order valence-electron chi connectivity index (χ1n) is 6.17. The van der Waals surface area contributed by atoms with Crippen molar-refractivity contribution in [3.63, 3.8) is 0 Å². The molecule has 2 aromatic heterocycles. The predicted octanol–water partition coefficient (Wildman–Crippen LogP) is 4.09. The van der Waals surface area contributed by atoms with Gasteiger partial charge in [-0.15, -0.1) is 0 Å². The smallest absolute Gasteiger partial charge is 0.257 e. The van der Waals surface area contributed by atoms with Crippen molar-refractivity contribution in [3.05, 3.63) is 53.1 Å². The van der Waals surface area contributed by atoms with Crippen LogP contribution in [-0.2, 0) is 0 Å². The topological polar surface area (TPSA) is 47.9 Å². The van der Waals surface area contributed by atoms with E-state index in [4.69, 9.17) is 16.3 Å². The van der Waals surface area contributed by atoms with E-state index in [1.807, 2.05) is 44.2 Å². The third-order valence-corrected chi connectivity index (χ3v) is 3.28. The second-order valence-electron chi connectivity index (χ2n) is 4.42. The maximum Gasteiger partial charge on any atom is 0.257 e. The molecule has 0 aliphatic heterocycles. The molecule has 0 saturated heterocycles. The summed E-state index contributed by atoms with van der Waals surface area (Å²) in [5, 5.41) is 1.25. The molecule has 100 valence electrons. The number of hydrogen-bond donors (Lipinski definition) is 0. The molecule has 3 rings (SSSR count). The number of hydrogen-bond acceptors (Lipinski definition) is 4. The Labute approximate surface area is 121 Å². The van der Waals surface area contributed by atoms with Crippen molar-refractivity contribution in [2.45, 2.75) is 13.8 Å². The van der Waals surface area contributed by atoms with Crippen molar-refractivity contribution < 1.29 is 4.74 Å². The summed E-state index contributed by atoms with van der Waals surface area (Å²) in [6.07, 6.45) is 1.73. The Morgan fingerprint density at radius 2 is 1.75 bits per heavy atom. The summed E-state index contributed by atoms with van der Waals surface area (Å²) in [6.45, 7) is 3.73. The van der Waals surface area contributed by atoms with Gasteiger partial charge in [-0.25, -0.2) is 9.97 Å². The van der Waals surface area contributed by atoms with Crippen LogP contribution in [0.4, 0.5) is 0 Å². The molecule has 20 heavy (non-hydrogen) atoms. The van der Waals surface area contributed by atoms with Crippen LogP contribution in [0.2, 0.25) is 5.15 Å². The highest BCUT2D eigenvalue weighted by Gasteiger charge is 2.11. The zero-order chi connectivity index (χ0) is 14.1. The second-order valence-corrected chi connectivity index (χ2v) is 4.78. The van der Waals surface area contributed by atoms with E-state index in [2.05, 4.69) is 15.0 Å². The van der Waals surface area contributed by atoms with Crippen LogP contribution in [0, 0.1) is 13.8 Å². The number of aryl methyl sites for hydroxylation is 2. The van der Waals surface area contributed by atoms with Crippen LogP contribution in [0.3, 0.4) is 0 Å². The third-order valence-electron chi connectivity index (χ3n) is 3.04. The normalized spacial score (nSPS) is 10.8. The molecule has 0 aliphatic carbocycles. The summed E-state index contributed by atoms with van der Waals surface area (Å²) < 4.78 is 5.79. The van der Waals surface area contributed by atoms with Gasteiger partial charge < -0.3 is 4.74 Å². The minimum Gasteiger partial charge on any atom is -0.434 e. The SMILES string of the molecule is Cc1nc(Cl)c(Oc2cccc3cccnc23)nc1C. The quantitative estimate of drug-likeness (QED) is 0.711. The number of para-hydroxylation sites is 1. The van der Waals surface area contributed by atoms with E-state index in [0.29, 0.717) is 11.6 Å². The zero-order valence-electron chi connectivity index (χ0n) is 11.1. The fraction of sp³-hybridized carbons (Fsp3) is 0.133. The first kappa shape index (κ1) is 12.8. The standard InChI is InChI=1S/C15H12ClN3O/c1-9-10(2)19-15(14(16)18-9)20-12-7-3-5-11-6-4-8-17-13(11)12/h3-8H,1-2H3. The van der Waals surface area contributed by atoms with Gasteiger partial charge in [0.15, 0.2) is 10.9 Å². The molecule has 0 fully saturated rings. The average Bonchev–Trinajstić information content (AvgIpc) is 2.45. The van der Waals surface area contributed by atoms with Crippen LogP contribution in [-0.4, -0.2) is 15.0 Å². The Bertz CT molecular complexity index is 784. The van der Waals surface area contributed by atoms with Crippen LogP contribution in [0.15, 0.2) is 36.5 Å². The number of benzene rings is 1. The fourth-order valence-electron chi connectivity index (χ4n) is 1.88. The second kappa shape index (κ2) is 5.06. The molecular formula is C15H12ClN3O. The first-order chi connectivity index (χ1) is 9.65. The van der Waals surface area contributed by atoms with Gasteiger partial charge in [-0.2, -0.15) is 0 Å². The van der Waals surface area contributed by atoms with Crippen molar-refractivity contribution in [2.24, 2.45) is 0 Å². The number of ether oxygens (including phenoxy) is 1. The third kappa shape index (κ3) is 2.30. The van der Waals surface area contributed by atoms with Crippen molar-refractivity contribution in [2.75, 3.05) is 0 Å². The first-order valence-corrected chi connectivity index (χ1v) is 6.55. The minimum atomic E-state index is 0.251. The van der Waals surface area contributed by atoms with E-state index in [-0.39, 0.29) is 5.15 Å². The lowest BCUT2D eigenvalue weighted by Crippen LogP contribution is -1.98. The Morgan fingerprint density at radius 1 is 1.00 bits per heavy atom. The van der Waals surface area contributed by atoms with Crippen LogP contribution in [0.5, 0.6) is 11.6 Å². The Kier molecular flexibility index (Phi) is 3.24. The average molecular weight is 286 g/mol. The molecule has 0 radical (unpaired) electrons. The number of fused-ring (bicyclic) bond motifs is 1. The summed E-state index contributed by atoms with van der Waals surface area (Å²) in [6, 6.07) is 9.57. The molecule has 2 heterocycles. The van der Waals surface area contributed by atoms with E-state index in [0.717, 1.165) is 22.3 Å². The lowest BCUT2D eigenvalue weighted by Gasteiger charge is -2.09. The van der Waals surface area contributed by atoms with Crippen molar-refractivity contribution in [3.8, 4) is 11.6 Å². The van der Waals surface area contributed by atoms with Gasteiger partial charge in [0.05, 0.1) is 11.4 Å². The molecular weight excluding hydrogens is 274 g/mol. The van der Waals surface area contributed by atoms with Gasteiger partial charge in [-0.3, -0.25) is 4.98 Å². The monoisotopic (exact) mass is 285 g/mol. The Balaban J connectivity index is 2.08. The van der Waals surface area contributed by atoms with Gasteiger partial charge >= 0.3 is 0 Å². The number of aromatic nitrogens is 3. The summed E-state index contributed by atoms with van der Waals surface area (Å²) in [5.74, 6) is 0.912. The lowest BCUT2D eigenvalue weighted by atomic mass is 10.2. The lowest BCUT2D eigenvalue weighted by molar-refractivity contribution is 0.462. The molecule has 0 bridgehead atoms. The summed E-state index contributed by atoms with van der Waals surface area (Å²) in [4.78, 5) is 12.9. The maximum absolute atomic E-state index is 6.08. The molecule has 3 aromatic rings. The number of rotatable bonds is 2. The summed E-state index contributed by atoms with van der Waals surface area (Å²) >= 11 is 6.08. The van der Waals surface area contributed by atoms with E-state index in [9.17, 15) is 0 Å². The number of nitrogens with zero attached hydrogens (tertiary/aromatic N) is 3. The van der Waals surface area contributed by atoms with E-state index in [1.54, 1.807) is 6.20 Å².